The predicted octanol–water partition coefficient (Wildman–Crippen LogP) is 15.7. The quantitative estimate of drug-likeness (QED) is 0.161. The average Bonchev–Trinajstić information content (AvgIpc) is 4.07. The molecule has 0 amide bonds. The summed E-state index contributed by atoms with van der Waals surface area (Å²) in [5, 5.41) is 4.43. The number of furan rings is 2. The monoisotopic (exact) mass is 793 g/mol. The zero-order chi connectivity index (χ0) is 38.9. The molecular formula is C52H31N3O2S2. The van der Waals surface area contributed by atoms with Crippen molar-refractivity contribution in [3.05, 3.63) is 188 Å². The van der Waals surface area contributed by atoms with Crippen LogP contribution < -0.4 is 4.90 Å². The third kappa shape index (κ3) is 5.90. The minimum absolute atomic E-state index is 0.836. The van der Waals surface area contributed by atoms with Crippen LogP contribution in [0.2, 0.25) is 0 Å². The van der Waals surface area contributed by atoms with E-state index < -0.39 is 0 Å². The van der Waals surface area contributed by atoms with E-state index in [1.54, 1.807) is 0 Å². The maximum absolute atomic E-state index is 6.33. The van der Waals surface area contributed by atoms with Crippen LogP contribution >= 0.6 is 22.7 Å². The molecule has 5 nitrogen and oxygen atoms in total. The molecular weight excluding hydrogens is 763 g/mol. The average molecular weight is 794 g/mol. The van der Waals surface area contributed by atoms with Crippen molar-refractivity contribution in [3.63, 3.8) is 0 Å². The highest BCUT2D eigenvalue weighted by atomic mass is 32.1. The van der Waals surface area contributed by atoms with Gasteiger partial charge in [0.05, 0.1) is 11.4 Å². The fourth-order valence-electron chi connectivity index (χ4n) is 8.19. The number of anilines is 3. The Morgan fingerprint density at radius 3 is 1.47 bits per heavy atom. The van der Waals surface area contributed by atoms with Crippen molar-refractivity contribution in [2.24, 2.45) is 0 Å². The summed E-state index contributed by atoms with van der Waals surface area (Å²) in [4.78, 5) is 14.1. The number of thiophene rings is 2. The lowest BCUT2D eigenvalue weighted by Gasteiger charge is -2.27. The van der Waals surface area contributed by atoms with Crippen LogP contribution in [0.1, 0.15) is 0 Å². The van der Waals surface area contributed by atoms with Crippen molar-refractivity contribution in [1.82, 2.24) is 9.97 Å². The van der Waals surface area contributed by atoms with Gasteiger partial charge < -0.3 is 13.7 Å². The second-order valence-corrected chi connectivity index (χ2v) is 16.8. The van der Waals surface area contributed by atoms with Gasteiger partial charge in [0.15, 0.2) is 0 Å². The molecule has 12 rings (SSSR count). The molecule has 6 aromatic heterocycles. The van der Waals surface area contributed by atoms with E-state index in [-0.39, 0.29) is 0 Å². The fraction of sp³-hybridized carbons (Fsp3) is 0. The Labute approximate surface area is 346 Å². The van der Waals surface area contributed by atoms with Gasteiger partial charge in [-0.15, -0.1) is 22.7 Å². The molecule has 0 bridgehead atoms. The summed E-state index contributed by atoms with van der Waals surface area (Å²) < 4.78 is 15.0. The number of fused-ring (bicyclic) bond motifs is 7. The summed E-state index contributed by atoms with van der Waals surface area (Å²) in [5.74, 6) is 0. The Bertz CT molecular complexity index is 3410. The van der Waals surface area contributed by atoms with Gasteiger partial charge in [-0.25, -0.2) is 0 Å². The fourth-order valence-corrected chi connectivity index (χ4v) is 10.6. The standard InChI is InChI=1S/C52H31N3O2S2/c1-2-19-45-39(16-1)41-28-42-40-27-35(20-21-46(40)57-48(42)29-47(41)56-45)50-31-52-51(59-50)30-49(58-52)34-12-9-15-38(26-34)55(36-13-7-10-32(24-36)43-17-3-5-22-53-43)37-14-8-11-33(25-37)44-18-4-6-23-54-44/h1-31H. The van der Waals surface area contributed by atoms with Crippen LogP contribution in [0.3, 0.4) is 0 Å². The van der Waals surface area contributed by atoms with E-state index >= 15 is 0 Å². The Morgan fingerprint density at radius 1 is 0.356 bits per heavy atom. The minimum Gasteiger partial charge on any atom is -0.456 e. The number of benzene rings is 6. The molecule has 0 aliphatic carbocycles. The lowest BCUT2D eigenvalue weighted by atomic mass is 10.1. The zero-order valence-electron chi connectivity index (χ0n) is 31.4. The van der Waals surface area contributed by atoms with Crippen LogP contribution in [-0.4, -0.2) is 9.97 Å². The zero-order valence-corrected chi connectivity index (χ0v) is 33.0. The van der Waals surface area contributed by atoms with Crippen LogP contribution in [0.4, 0.5) is 17.1 Å². The number of para-hydroxylation sites is 1. The highest BCUT2D eigenvalue weighted by Crippen LogP contribution is 2.45. The Morgan fingerprint density at radius 2 is 0.864 bits per heavy atom. The summed E-state index contributed by atoms with van der Waals surface area (Å²) >= 11 is 3.67. The number of hydrogen-bond donors (Lipinski definition) is 0. The van der Waals surface area contributed by atoms with E-state index in [1.165, 1.54) is 30.3 Å². The van der Waals surface area contributed by atoms with E-state index in [0.29, 0.717) is 0 Å². The normalized spacial score (nSPS) is 11.7. The molecule has 0 fully saturated rings. The molecule has 7 heteroatoms. The van der Waals surface area contributed by atoms with Gasteiger partial charge in [-0.1, -0.05) is 66.7 Å². The van der Waals surface area contributed by atoms with E-state index in [0.717, 1.165) is 83.5 Å². The number of rotatable bonds is 7. The van der Waals surface area contributed by atoms with Crippen LogP contribution in [-0.2, 0) is 0 Å². The van der Waals surface area contributed by atoms with Gasteiger partial charge in [0.25, 0.3) is 0 Å². The van der Waals surface area contributed by atoms with Crippen molar-refractivity contribution >= 4 is 93.0 Å². The van der Waals surface area contributed by atoms with Crippen LogP contribution in [0.5, 0.6) is 0 Å². The third-order valence-corrected chi connectivity index (χ3v) is 13.4. The SMILES string of the molecule is c1ccc(-c2cccc(N(c3cccc(-c4ccccn4)c3)c3cccc(-c4cc5sc(-c6ccc7oc8cc9oc%10ccccc%10c9cc8c7c6)cc5s4)c3)c2)nc1. The molecule has 6 heterocycles. The van der Waals surface area contributed by atoms with Crippen LogP contribution in [0, 0.1) is 0 Å². The molecule has 0 aliphatic rings. The van der Waals surface area contributed by atoms with Crippen molar-refractivity contribution in [2.45, 2.75) is 0 Å². The Balaban J connectivity index is 0.914. The maximum Gasteiger partial charge on any atom is 0.139 e. The lowest BCUT2D eigenvalue weighted by Crippen LogP contribution is -2.10. The topological polar surface area (TPSA) is 55.3 Å². The number of aromatic nitrogens is 2. The molecule has 278 valence electrons. The van der Waals surface area contributed by atoms with Gasteiger partial charge in [0.1, 0.15) is 22.3 Å². The van der Waals surface area contributed by atoms with E-state index in [1.807, 2.05) is 77.5 Å². The Hall–Kier alpha value is -7.32. The first-order valence-corrected chi connectivity index (χ1v) is 21.1. The largest absolute Gasteiger partial charge is 0.456 e. The smallest absolute Gasteiger partial charge is 0.139 e. The molecule has 0 saturated heterocycles. The summed E-state index contributed by atoms with van der Waals surface area (Å²) in [5.41, 5.74) is 13.0. The van der Waals surface area contributed by atoms with E-state index in [4.69, 9.17) is 8.83 Å². The van der Waals surface area contributed by atoms with Crippen LogP contribution in [0.15, 0.2) is 197 Å². The van der Waals surface area contributed by atoms with Gasteiger partial charge >= 0.3 is 0 Å². The lowest BCUT2D eigenvalue weighted by molar-refractivity contribution is 0.656. The second kappa shape index (κ2) is 13.7. The molecule has 12 aromatic rings. The van der Waals surface area contributed by atoms with Gasteiger partial charge in [-0.05, 0) is 114 Å². The summed E-state index contributed by atoms with van der Waals surface area (Å²) in [6, 6.07) is 61.8. The number of nitrogens with zero attached hydrogens (tertiary/aromatic N) is 3. The van der Waals surface area contributed by atoms with Crippen LogP contribution in [0.25, 0.3) is 96.7 Å². The van der Waals surface area contributed by atoms with Gasteiger partial charge in [0.2, 0.25) is 0 Å². The molecule has 0 saturated carbocycles. The van der Waals surface area contributed by atoms with Crippen molar-refractivity contribution in [3.8, 4) is 43.4 Å². The molecule has 0 atom stereocenters. The third-order valence-electron chi connectivity index (χ3n) is 11.0. The first-order valence-electron chi connectivity index (χ1n) is 19.4. The summed E-state index contributed by atoms with van der Waals surface area (Å²) in [7, 11) is 0. The first kappa shape index (κ1) is 33.8. The molecule has 0 unspecified atom stereocenters. The minimum atomic E-state index is 0.836. The maximum atomic E-state index is 6.33. The number of hydrogen-bond acceptors (Lipinski definition) is 7. The molecule has 6 aromatic carbocycles. The first-order chi connectivity index (χ1) is 29.2. The second-order valence-electron chi connectivity index (χ2n) is 14.6. The molecule has 0 aliphatic heterocycles. The van der Waals surface area contributed by atoms with Gasteiger partial charge in [0, 0.05) is 87.3 Å². The van der Waals surface area contributed by atoms with Gasteiger partial charge in [-0.2, -0.15) is 0 Å². The summed E-state index contributed by atoms with van der Waals surface area (Å²) in [6.45, 7) is 0. The van der Waals surface area contributed by atoms with E-state index in [9.17, 15) is 0 Å². The predicted molar refractivity (Wildman–Crippen MR) is 246 cm³/mol. The summed E-state index contributed by atoms with van der Waals surface area (Å²) in [6.07, 6.45) is 3.68. The molecule has 0 spiro atoms. The highest BCUT2D eigenvalue weighted by Gasteiger charge is 2.19. The van der Waals surface area contributed by atoms with Crippen molar-refractivity contribution in [1.29, 1.82) is 0 Å². The van der Waals surface area contributed by atoms with Crippen molar-refractivity contribution < 1.29 is 8.83 Å². The molecule has 0 radical (unpaired) electrons. The Kier molecular flexibility index (Phi) is 7.82. The molecule has 59 heavy (non-hydrogen) atoms. The number of pyridine rings is 2. The molecule has 0 N–H and O–H groups in total. The van der Waals surface area contributed by atoms with Gasteiger partial charge in [-0.3, -0.25) is 9.97 Å². The highest BCUT2D eigenvalue weighted by molar-refractivity contribution is 7.31. The van der Waals surface area contributed by atoms with Crippen molar-refractivity contribution in [2.75, 3.05) is 4.90 Å². The van der Waals surface area contributed by atoms with E-state index in [2.05, 4.69) is 148 Å².